The van der Waals surface area contributed by atoms with Crippen LogP contribution in [-0.4, -0.2) is 19.3 Å². The molecule has 1 saturated heterocycles. The van der Waals surface area contributed by atoms with Gasteiger partial charge in [-0.2, -0.15) is 0 Å². The van der Waals surface area contributed by atoms with Crippen molar-refractivity contribution < 1.29 is 9.47 Å². The van der Waals surface area contributed by atoms with Gasteiger partial charge in [0.1, 0.15) is 6.10 Å². The molecular weight excluding hydrogens is 416 g/mol. The monoisotopic (exact) mass is 462 g/mol. The highest BCUT2D eigenvalue weighted by Crippen LogP contribution is 2.38. The van der Waals surface area contributed by atoms with E-state index in [1.807, 2.05) is 0 Å². The fraction of sp³-hybridized carbons (Fsp3) is 0.625. The van der Waals surface area contributed by atoms with Crippen LogP contribution in [0.2, 0.25) is 0 Å². The molecule has 2 nitrogen and oxygen atoms in total. The quantitative estimate of drug-likeness (QED) is 0.310. The van der Waals surface area contributed by atoms with Crippen LogP contribution in [0.15, 0.2) is 48.5 Å². The van der Waals surface area contributed by atoms with E-state index in [2.05, 4.69) is 62.4 Å². The Morgan fingerprint density at radius 3 is 1.76 bits per heavy atom. The van der Waals surface area contributed by atoms with E-state index < -0.39 is 0 Å². The van der Waals surface area contributed by atoms with E-state index in [1.165, 1.54) is 92.9 Å². The molecule has 0 spiro atoms. The van der Waals surface area contributed by atoms with Crippen LogP contribution < -0.4 is 0 Å². The maximum Gasteiger partial charge on any atom is 0.106 e. The molecule has 0 bridgehead atoms. The van der Waals surface area contributed by atoms with Crippen molar-refractivity contribution in [2.45, 2.75) is 109 Å². The van der Waals surface area contributed by atoms with Gasteiger partial charge < -0.3 is 9.47 Å². The summed E-state index contributed by atoms with van der Waals surface area (Å²) in [5.41, 5.74) is 5.35. The minimum Gasteiger partial charge on any atom is -0.373 e. The predicted molar refractivity (Wildman–Crippen MR) is 143 cm³/mol. The van der Waals surface area contributed by atoms with Gasteiger partial charge in [-0.1, -0.05) is 107 Å². The van der Waals surface area contributed by atoms with Crippen LogP contribution in [0.4, 0.5) is 0 Å². The fourth-order valence-electron chi connectivity index (χ4n) is 5.83. The summed E-state index contributed by atoms with van der Waals surface area (Å²) in [7, 11) is 0. The third-order valence-corrected chi connectivity index (χ3v) is 8.16. The van der Waals surface area contributed by atoms with Gasteiger partial charge in [0.25, 0.3) is 0 Å². The average molecular weight is 463 g/mol. The first-order valence-electron chi connectivity index (χ1n) is 14.2. The van der Waals surface area contributed by atoms with Crippen LogP contribution in [0.1, 0.15) is 114 Å². The Morgan fingerprint density at radius 1 is 0.618 bits per heavy atom. The topological polar surface area (TPSA) is 18.5 Å². The van der Waals surface area contributed by atoms with E-state index >= 15 is 0 Å². The highest BCUT2D eigenvalue weighted by Gasteiger charge is 2.24. The van der Waals surface area contributed by atoms with Gasteiger partial charge in [0, 0.05) is 0 Å². The molecule has 4 rings (SSSR count). The van der Waals surface area contributed by atoms with Gasteiger partial charge in [0.15, 0.2) is 0 Å². The number of hydrogen-bond donors (Lipinski definition) is 0. The second-order valence-electron chi connectivity index (χ2n) is 10.7. The number of hydrogen-bond acceptors (Lipinski definition) is 2. The minimum atomic E-state index is 0.0657. The lowest BCUT2D eigenvalue weighted by Gasteiger charge is -2.30. The Kier molecular flexibility index (Phi) is 10.1. The molecule has 2 atom stereocenters. The van der Waals surface area contributed by atoms with Crippen LogP contribution in [0.25, 0.3) is 11.1 Å². The molecule has 1 aliphatic carbocycles. The first-order chi connectivity index (χ1) is 16.8. The summed E-state index contributed by atoms with van der Waals surface area (Å²) in [5, 5.41) is 0. The van der Waals surface area contributed by atoms with Gasteiger partial charge in [0.05, 0.1) is 19.3 Å². The first kappa shape index (κ1) is 25.5. The molecule has 1 aliphatic heterocycles. The molecule has 2 aromatic carbocycles. The maximum absolute atomic E-state index is 6.15. The van der Waals surface area contributed by atoms with Crippen LogP contribution in [0, 0.1) is 5.92 Å². The van der Waals surface area contributed by atoms with Crippen molar-refractivity contribution >= 4 is 0 Å². The van der Waals surface area contributed by atoms with Gasteiger partial charge in [-0.25, -0.2) is 0 Å². The zero-order valence-corrected chi connectivity index (χ0v) is 21.6. The van der Waals surface area contributed by atoms with Crippen LogP contribution >= 0.6 is 0 Å². The lowest BCUT2D eigenvalue weighted by molar-refractivity contribution is -0.137. The molecule has 34 heavy (non-hydrogen) atoms. The Balaban J connectivity index is 1.25. The van der Waals surface area contributed by atoms with Crippen molar-refractivity contribution in [3.8, 4) is 11.1 Å². The van der Waals surface area contributed by atoms with Crippen LogP contribution in [-0.2, 0) is 9.47 Å². The van der Waals surface area contributed by atoms with Crippen molar-refractivity contribution in [3.05, 3.63) is 59.7 Å². The van der Waals surface area contributed by atoms with Crippen LogP contribution in [0.3, 0.4) is 0 Å². The summed E-state index contributed by atoms with van der Waals surface area (Å²) in [6.07, 6.45) is 16.4. The Labute approximate surface area is 208 Å². The molecule has 0 radical (unpaired) electrons. The zero-order valence-electron chi connectivity index (χ0n) is 21.6. The van der Waals surface area contributed by atoms with E-state index in [-0.39, 0.29) is 12.2 Å². The summed E-state index contributed by atoms with van der Waals surface area (Å²) in [5.74, 6) is 1.74. The summed E-state index contributed by atoms with van der Waals surface area (Å²) in [4.78, 5) is 0. The molecule has 2 heteroatoms. The van der Waals surface area contributed by atoms with E-state index in [9.17, 15) is 0 Å². The van der Waals surface area contributed by atoms with Crippen LogP contribution in [0.5, 0.6) is 0 Å². The molecule has 0 N–H and O–H groups in total. The van der Waals surface area contributed by atoms with Crippen molar-refractivity contribution in [2.75, 3.05) is 13.2 Å². The van der Waals surface area contributed by atoms with Crippen molar-refractivity contribution in [1.29, 1.82) is 0 Å². The Morgan fingerprint density at radius 2 is 1.21 bits per heavy atom. The summed E-state index contributed by atoms with van der Waals surface area (Å²) >= 11 is 0. The van der Waals surface area contributed by atoms with Gasteiger partial charge in [0.2, 0.25) is 0 Å². The molecule has 0 unspecified atom stereocenters. The van der Waals surface area contributed by atoms with E-state index in [1.54, 1.807) is 0 Å². The average Bonchev–Trinajstić information content (AvgIpc) is 2.90. The molecule has 2 aliphatic rings. The summed E-state index contributed by atoms with van der Waals surface area (Å²) < 4.78 is 12.2. The lowest BCUT2D eigenvalue weighted by atomic mass is 9.77. The van der Waals surface area contributed by atoms with Crippen molar-refractivity contribution in [2.24, 2.45) is 5.92 Å². The Hall–Kier alpha value is -1.64. The number of rotatable bonds is 11. The maximum atomic E-state index is 6.15. The molecular formula is C32H46O2. The second kappa shape index (κ2) is 13.4. The van der Waals surface area contributed by atoms with E-state index in [4.69, 9.17) is 9.47 Å². The number of ether oxygens (including phenoxy) is 2. The minimum absolute atomic E-state index is 0.0657. The highest BCUT2D eigenvalue weighted by molar-refractivity contribution is 5.64. The van der Waals surface area contributed by atoms with Gasteiger partial charge in [-0.15, -0.1) is 0 Å². The third kappa shape index (κ3) is 7.18. The second-order valence-corrected chi connectivity index (χ2v) is 10.7. The normalized spacial score (nSPS) is 25.4. The smallest absolute Gasteiger partial charge is 0.106 e. The zero-order chi connectivity index (χ0) is 23.6. The molecule has 0 amide bonds. The largest absolute Gasteiger partial charge is 0.373 e. The Bertz CT molecular complexity index is 738. The standard InChI is InChI=1S/C32H46O2/c1-3-5-7-9-25-11-13-26(14-12-25)27-15-17-28(18-16-27)29-19-21-30(22-20-29)32-24-33-31(23-34-32)10-8-6-4-2/h15-22,25-26,31-32H,3-14,23-24H2,1-2H3/t25-,26-,31-,32-/m0/s1. The lowest BCUT2D eigenvalue weighted by Crippen LogP contribution is -2.31. The van der Waals surface area contributed by atoms with Gasteiger partial charge in [-0.05, 0) is 66.2 Å². The van der Waals surface area contributed by atoms with Crippen molar-refractivity contribution in [3.63, 3.8) is 0 Å². The van der Waals surface area contributed by atoms with E-state index in [0.29, 0.717) is 6.61 Å². The molecule has 1 heterocycles. The van der Waals surface area contributed by atoms with E-state index in [0.717, 1.165) is 24.9 Å². The summed E-state index contributed by atoms with van der Waals surface area (Å²) in [6, 6.07) is 18.3. The molecule has 2 fully saturated rings. The fourth-order valence-corrected chi connectivity index (χ4v) is 5.83. The number of benzene rings is 2. The summed E-state index contributed by atoms with van der Waals surface area (Å²) in [6.45, 7) is 5.94. The van der Waals surface area contributed by atoms with Gasteiger partial charge in [-0.3, -0.25) is 0 Å². The van der Waals surface area contributed by atoms with Gasteiger partial charge >= 0.3 is 0 Å². The SMILES string of the molecule is CCCCC[C@H]1CO[C@H](c2ccc(-c3ccc([C@H]4CC[C@H](CCCCC)CC4)cc3)cc2)CO1. The highest BCUT2D eigenvalue weighted by atomic mass is 16.6. The molecule has 2 aromatic rings. The molecule has 1 saturated carbocycles. The van der Waals surface area contributed by atoms with Crippen molar-refractivity contribution in [1.82, 2.24) is 0 Å². The third-order valence-electron chi connectivity index (χ3n) is 8.16. The number of unbranched alkanes of at least 4 members (excludes halogenated alkanes) is 4. The molecule has 0 aromatic heterocycles. The predicted octanol–water partition coefficient (Wildman–Crippen LogP) is 9.24. The first-order valence-corrected chi connectivity index (χ1v) is 14.2. The molecule has 186 valence electrons.